The first-order valence-electron chi connectivity index (χ1n) is 7.94. The van der Waals surface area contributed by atoms with E-state index in [-0.39, 0.29) is 17.8 Å². The molecule has 6 heteroatoms. The van der Waals surface area contributed by atoms with Crippen LogP contribution < -0.4 is 4.90 Å². The van der Waals surface area contributed by atoms with Crippen molar-refractivity contribution in [1.82, 2.24) is 4.90 Å². The number of ether oxygens (including phenoxy) is 1. The summed E-state index contributed by atoms with van der Waals surface area (Å²) in [4.78, 5) is 27.5. The number of nitrogens with zero attached hydrogens (tertiary/aromatic N) is 2. The highest BCUT2D eigenvalue weighted by Crippen LogP contribution is 2.26. The summed E-state index contributed by atoms with van der Waals surface area (Å²) in [5.41, 5.74) is 1.81. The smallest absolute Gasteiger partial charge is 0.308 e. The van der Waals surface area contributed by atoms with E-state index in [0.29, 0.717) is 31.0 Å². The van der Waals surface area contributed by atoms with Gasteiger partial charge in [-0.3, -0.25) is 9.59 Å². The second-order valence-electron chi connectivity index (χ2n) is 6.06. The molecule has 1 fully saturated rings. The van der Waals surface area contributed by atoms with Crippen LogP contribution in [0.2, 0.25) is 5.02 Å². The lowest BCUT2D eigenvalue weighted by molar-refractivity contribution is -0.148. The Kier molecular flexibility index (Phi) is 6.26. The first-order chi connectivity index (χ1) is 11.4. The number of hydrogen-bond donors (Lipinski definition) is 0. The predicted octanol–water partition coefficient (Wildman–Crippen LogP) is 2.83. The van der Waals surface area contributed by atoms with Gasteiger partial charge in [0.25, 0.3) is 0 Å². The summed E-state index contributed by atoms with van der Waals surface area (Å²) in [7, 11) is 5.26. The molecule has 1 aromatic rings. The lowest BCUT2D eigenvalue weighted by Crippen LogP contribution is -2.39. The molecule has 0 bridgehead atoms. The summed E-state index contributed by atoms with van der Waals surface area (Å²) in [6, 6.07) is 5.69. The van der Waals surface area contributed by atoms with Crippen LogP contribution in [-0.4, -0.2) is 51.1 Å². The van der Waals surface area contributed by atoms with Crippen LogP contribution in [0.5, 0.6) is 0 Å². The zero-order chi connectivity index (χ0) is 17.7. The van der Waals surface area contributed by atoms with Gasteiger partial charge in [-0.1, -0.05) is 17.7 Å². The number of carbonyl (C=O) groups excluding carboxylic acids is 2. The minimum absolute atomic E-state index is 0.0499. The Morgan fingerprint density at radius 1 is 1.29 bits per heavy atom. The highest BCUT2D eigenvalue weighted by Gasteiger charge is 2.26. The summed E-state index contributed by atoms with van der Waals surface area (Å²) in [6.45, 7) is 1.15. The number of anilines is 1. The van der Waals surface area contributed by atoms with E-state index in [1.165, 1.54) is 7.11 Å². The molecule has 0 atom stereocenters. The Hall–Kier alpha value is -2.01. The maximum Gasteiger partial charge on any atom is 0.308 e. The maximum atomic E-state index is 12.3. The zero-order valence-corrected chi connectivity index (χ0v) is 15.0. The lowest BCUT2D eigenvalue weighted by Gasteiger charge is -2.29. The number of amides is 1. The fourth-order valence-electron chi connectivity index (χ4n) is 2.76. The highest BCUT2D eigenvalue weighted by atomic mass is 35.5. The van der Waals surface area contributed by atoms with Crippen molar-refractivity contribution in [3.63, 3.8) is 0 Å². The van der Waals surface area contributed by atoms with Crippen LogP contribution in [0.25, 0.3) is 6.08 Å². The minimum atomic E-state index is -0.187. The van der Waals surface area contributed by atoms with E-state index >= 15 is 0 Å². The molecule has 1 aliphatic heterocycles. The molecule has 130 valence electrons. The van der Waals surface area contributed by atoms with E-state index in [4.69, 9.17) is 16.3 Å². The van der Waals surface area contributed by atoms with Gasteiger partial charge < -0.3 is 14.5 Å². The normalized spacial score (nSPS) is 15.6. The van der Waals surface area contributed by atoms with Crippen LogP contribution in [-0.2, 0) is 14.3 Å². The number of halogens is 1. The lowest BCUT2D eigenvalue weighted by atomic mass is 9.97. The average Bonchev–Trinajstić information content (AvgIpc) is 2.58. The summed E-state index contributed by atoms with van der Waals surface area (Å²) >= 11 is 6.23. The number of benzene rings is 1. The van der Waals surface area contributed by atoms with Gasteiger partial charge in [0.05, 0.1) is 23.7 Å². The van der Waals surface area contributed by atoms with Crippen molar-refractivity contribution in [2.45, 2.75) is 12.8 Å². The van der Waals surface area contributed by atoms with E-state index in [0.717, 1.165) is 11.3 Å². The van der Waals surface area contributed by atoms with Crippen molar-refractivity contribution >= 4 is 35.2 Å². The molecule has 1 saturated heterocycles. The summed E-state index contributed by atoms with van der Waals surface area (Å²) < 4.78 is 4.76. The van der Waals surface area contributed by atoms with Gasteiger partial charge in [0.1, 0.15) is 0 Å². The molecular formula is C18H23ClN2O3. The second kappa shape index (κ2) is 8.20. The SMILES string of the molecule is COC(=O)C1CCN(C(=O)C=Cc2ccc(N(C)C)c(Cl)c2)CC1. The van der Waals surface area contributed by atoms with E-state index in [9.17, 15) is 9.59 Å². The third-order valence-electron chi connectivity index (χ3n) is 4.21. The van der Waals surface area contributed by atoms with Crippen molar-refractivity contribution in [3.05, 3.63) is 34.9 Å². The van der Waals surface area contributed by atoms with Crippen molar-refractivity contribution in [1.29, 1.82) is 0 Å². The molecule has 1 aromatic carbocycles. The van der Waals surface area contributed by atoms with E-state index in [1.54, 1.807) is 17.1 Å². The quantitative estimate of drug-likeness (QED) is 0.619. The highest BCUT2D eigenvalue weighted by molar-refractivity contribution is 6.33. The Morgan fingerprint density at radius 3 is 2.50 bits per heavy atom. The summed E-state index contributed by atoms with van der Waals surface area (Å²) in [5.74, 6) is -0.334. The molecule has 5 nitrogen and oxygen atoms in total. The molecule has 0 N–H and O–H groups in total. The van der Waals surface area contributed by atoms with Gasteiger partial charge in [0, 0.05) is 33.3 Å². The first kappa shape index (κ1) is 18.3. The van der Waals surface area contributed by atoms with Crippen molar-refractivity contribution < 1.29 is 14.3 Å². The standard InChI is InChI=1S/C18H23ClN2O3/c1-20(2)16-6-4-13(12-15(16)19)5-7-17(22)21-10-8-14(9-11-21)18(23)24-3/h4-7,12,14H,8-11H2,1-3H3. The van der Waals surface area contributed by atoms with Crippen LogP contribution in [0, 0.1) is 5.92 Å². The molecular weight excluding hydrogens is 328 g/mol. The number of carbonyl (C=O) groups is 2. The fourth-order valence-corrected chi connectivity index (χ4v) is 3.12. The van der Waals surface area contributed by atoms with Gasteiger partial charge in [0.15, 0.2) is 0 Å². The molecule has 1 heterocycles. The van der Waals surface area contributed by atoms with Gasteiger partial charge in [-0.05, 0) is 36.6 Å². The van der Waals surface area contributed by atoms with E-state index in [2.05, 4.69) is 0 Å². The topological polar surface area (TPSA) is 49.9 Å². The Balaban J connectivity index is 1.94. The van der Waals surface area contributed by atoms with Gasteiger partial charge in [-0.2, -0.15) is 0 Å². The molecule has 0 radical (unpaired) electrons. The summed E-state index contributed by atoms with van der Waals surface area (Å²) in [5, 5.41) is 0.647. The van der Waals surface area contributed by atoms with Crippen LogP contribution in [0.3, 0.4) is 0 Å². The number of hydrogen-bond acceptors (Lipinski definition) is 4. The fraction of sp³-hybridized carbons (Fsp3) is 0.444. The molecule has 0 spiro atoms. The molecule has 1 aliphatic rings. The largest absolute Gasteiger partial charge is 0.469 e. The monoisotopic (exact) mass is 350 g/mol. The second-order valence-corrected chi connectivity index (χ2v) is 6.47. The van der Waals surface area contributed by atoms with Crippen molar-refractivity contribution in [2.75, 3.05) is 39.2 Å². The van der Waals surface area contributed by atoms with E-state index in [1.807, 2.05) is 37.2 Å². The van der Waals surface area contributed by atoms with Crippen molar-refractivity contribution in [2.24, 2.45) is 5.92 Å². The molecule has 0 aliphatic carbocycles. The van der Waals surface area contributed by atoms with Crippen LogP contribution in [0.4, 0.5) is 5.69 Å². The number of rotatable bonds is 4. The summed E-state index contributed by atoms with van der Waals surface area (Å²) in [6.07, 6.45) is 4.62. The molecule has 2 rings (SSSR count). The molecule has 0 saturated carbocycles. The average molecular weight is 351 g/mol. The number of esters is 1. The van der Waals surface area contributed by atoms with Gasteiger partial charge in [-0.15, -0.1) is 0 Å². The molecule has 0 aromatic heterocycles. The van der Waals surface area contributed by atoms with Gasteiger partial charge in [-0.25, -0.2) is 0 Å². The number of piperidine rings is 1. The third kappa shape index (κ3) is 4.51. The first-order valence-corrected chi connectivity index (χ1v) is 8.32. The Bertz CT molecular complexity index is 635. The molecule has 1 amide bonds. The Labute approximate surface area is 147 Å². The van der Waals surface area contributed by atoms with E-state index < -0.39 is 0 Å². The van der Waals surface area contributed by atoms with Crippen LogP contribution in [0.15, 0.2) is 24.3 Å². The Morgan fingerprint density at radius 2 is 1.96 bits per heavy atom. The molecule has 24 heavy (non-hydrogen) atoms. The van der Waals surface area contributed by atoms with Crippen LogP contribution >= 0.6 is 11.6 Å². The van der Waals surface area contributed by atoms with Gasteiger partial charge in [0.2, 0.25) is 5.91 Å². The van der Waals surface area contributed by atoms with Crippen molar-refractivity contribution in [3.8, 4) is 0 Å². The predicted molar refractivity (Wildman–Crippen MR) is 96.1 cm³/mol. The number of likely N-dealkylation sites (tertiary alicyclic amines) is 1. The molecule has 0 unspecified atom stereocenters. The van der Waals surface area contributed by atoms with Gasteiger partial charge >= 0.3 is 5.97 Å². The van der Waals surface area contributed by atoms with Crippen LogP contribution in [0.1, 0.15) is 18.4 Å². The minimum Gasteiger partial charge on any atom is -0.469 e. The third-order valence-corrected chi connectivity index (χ3v) is 4.52. The zero-order valence-electron chi connectivity index (χ0n) is 14.3. The number of methoxy groups -OCH3 is 1. The maximum absolute atomic E-state index is 12.3.